The van der Waals surface area contributed by atoms with Gasteiger partial charge in [0, 0.05) is 13.1 Å². The molecule has 2 nitrogen and oxygen atoms in total. The maximum absolute atomic E-state index is 12.4. The van der Waals surface area contributed by atoms with Crippen molar-refractivity contribution in [2.45, 2.75) is 19.0 Å². The van der Waals surface area contributed by atoms with Crippen LogP contribution in [0.15, 0.2) is 18.9 Å². The first-order valence-electron chi connectivity index (χ1n) is 5.41. The normalized spacial score (nSPS) is 18.4. The van der Waals surface area contributed by atoms with Crippen molar-refractivity contribution in [1.29, 1.82) is 0 Å². The summed E-state index contributed by atoms with van der Waals surface area (Å²) in [5.74, 6) is 0.480. The van der Waals surface area contributed by atoms with E-state index in [2.05, 4.69) is 11.6 Å². The molecule has 94 valence electrons. The van der Waals surface area contributed by atoms with E-state index in [-0.39, 0.29) is 0 Å². The number of halogens is 3. The Hall–Kier alpha value is -1.04. The third-order valence-corrected chi connectivity index (χ3v) is 4.02. The highest BCUT2D eigenvalue weighted by Crippen LogP contribution is 2.37. The molecule has 0 bridgehead atoms. The lowest BCUT2D eigenvalue weighted by atomic mass is 9.98. The van der Waals surface area contributed by atoms with Gasteiger partial charge < -0.3 is 4.90 Å². The van der Waals surface area contributed by atoms with Gasteiger partial charge in [-0.1, -0.05) is 17.4 Å². The van der Waals surface area contributed by atoms with Gasteiger partial charge in [-0.15, -0.1) is 6.58 Å². The zero-order chi connectivity index (χ0) is 12.5. The molecular formula is C11H13F3N2S. The monoisotopic (exact) mass is 262 g/mol. The van der Waals surface area contributed by atoms with Gasteiger partial charge in [0.15, 0.2) is 5.13 Å². The van der Waals surface area contributed by atoms with Crippen LogP contribution < -0.4 is 4.90 Å². The topological polar surface area (TPSA) is 16.1 Å². The van der Waals surface area contributed by atoms with E-state index >= 15 is 0 Å². The molecule has 1 aromatic heterocycles. The second-order valence-electron chi connectivity index (χ2n) is 4.07. The Morgan fingerprint density at radius 3 is 2.53 bits per heavy atom. The van der Waals surface area contributed by atoms with Gasteiger partial charge in [0.1, 0.15) is 4.88 Å². The zero-order valence-corrected chi connectivity index (χ0v) is 10.0. The van der Waals surface area contributed by atoms with Crippen molar-refractivity contribution in [2.75, 3.05) is 18.0 Å². The molecule has 1 aromatic rings. The molecule has 0 radical (unpaired) electrons. The molecule has 0 aromatic carbocycles. The molecule has 2 heterocycles. The number of rotatable bonds is 2. The van der Waals surface area contributed by atoms with Crippen molar-refractivity contribution in [1.82, 2.24) is 4.98 Å². The molecular weight excluding hydrogens is 249 g/mol. The summed E-state index contributed by atoms with van der Waals surface area (Å²) in [4.78, 5) is 5.15. The third kappa shape index (κ3) is 2.80. The predicted molar refractivity (Wildman–Crippen MR) is 62.3 cm³/mol. The lowest BCUT2D eigenvalue weighted by Crippen LogP contribution is -2.32. The molecule has 1 aliphatic rings. The van der Waals surface area contributed by atoms with Crippen molar-refractivity contribution in [2.24, 2.45) is 5.92 Å². The van der Waals surface area contributed by atoms with Gasteiger partial charge in [-0.3, -0.25) is 0 Å². The van der Waals surface area contributed by atoms with Crippen LogP contribution in [0, 0.1) is 5.92 Å². The Balaban J connectivity index is 2.04. The summed E-state index contributed by atoms with van der Waals surface area (Å²) < 4.78 is 37.3. The smallest absolute Gasteiger partial charge is 0.348 e. The van der Waals surface area contributed by atoms with E-state index in [9.17, 15) is 13.2 Å². The first kappa shape index (κ1) is 12.4. The van der Waals surface area contributed by atoms with Crippen LogP contribution >= 0.6 is 11.3 Å². The molecule has 0 aliphatic carbocycles. The number of hydrogen-bond donors (Lipinski definition) is 0. The summed E-state index contributed by atoms with van der Waals surface area (Å²) in [5.41, 5.74) is 0. The Kier molecular flexibility index (Phi) is 3.42. The molecule has 17 heavy (non-hydrogen) atoms. The van der Waals surface area contributed by atoms with Crippen molar-refractivity contribution in [3.05, 3.63) is 23.7 Å². The molecule has 1 fully saturated rings. The SMILES string of the molecule is C=CC1CCN(c2ncc(C(F)(F)F)s2)CC1. The number of alkyl halides is 3. The molecule has 0 saturated carbocycles. The molecule has 0 unspecified atom stereocenters. The fourth-order valence-electron chi connectivity index (χ4n) is 1.87. The molecule has 1 saturated heterocycles. The highest BCUT2D eigenvalue weighted by atomic mass is 32.1. The van der Waals surface area contributed by atoms with Gasteiger partial charge in [-0.2, -0.15) is 13.2 Å². The van der Waals surface area contributed by atoms with Crippen LogP contribution in [0.4, 0.5) is 18.3 Å². The summed E-state index contributed by atoms with van der Waals surface area (Å²) >= 11 is 0.719. The quantitative estimate of drug-likeness (QED) is 0.757. The van der Waals surface area contributed by atoms with Crippen LogP contribution in [0.2, 0.25) is 0 Å². The number of thiazole rings is 1. The standard InChI is InChI=1S/C11H13F3N2S/c1-2-8-3-5-16(6-4-8)10-15-7-9(17-10)11(12,13)14/h2,7-8H,1,3-6H2. The average Bonchev–Trinajstić information content (AvgIpc) is 2.78. The summed E-state index contributed by atoms with van der Waals surface area (Å²) in [5, 5.41) is 0.472. The first-order valence-corrected chi connectivity index (χ1v) is 6.23. The van der Waals surface area contributed by atoms with E-state index in [1.165, 1.54) is 0 Å². The Morgan fingerprint density at radius 1 is 1.41 bits per heavy atom. The lowest BCUT2D eigenvalue weighted by Gasteiger charge is -2.30. The van der Waals surface area contributed by atoms with E-state index in [0.717, 1.165) is 43.5 Å². The summed E-state index contributed by atoms with van der Waals surface area (Å²) in [7, 11) is 0. The van der Waals surface area contributed by atoms with Crippen LogP contribution in [0.5, 0.6) is 0 Å². The summed E-state index contributed by atoms with van der Waals surface area (Å²) in [6.45, 7) is 5.24. The average molecular weight is 262 g/mol. The molecule has 0 spiro atoms. The van der Waals surface area contributed by atoms with E-state index in [4.69, 9.17) is 0 Å². The lowest BCUT2D eigenvalue weighted by molar-refractivity contribution is -0.134. The van der Waals surface area contributed by atoms with E-state index < -0.39 is 11.1 Å². The van der Waals surface area contributed by atoms with E-state index in [1.807, 2.05) is 11.0 Å². The minimum Gasteiger partial charge on any atom is -0.348 e. The van der Waals surface area contributed by atoms with Crippen LogP contribution in [-0.2, 0) is 6.18 Å². The zero-order valence-electron chi connectivity index (χ0n) is 9.20. The highest BCUT2D eigenvalue weighted by molar-refractivity contribution is 7.15. The minimum atomic E-state index is -4.28. The third-order valence-electron chi connectivity index (χ3n) is 2.92. The number of hydrogen-bond acceptors (Lipinski definition) is 3. The molecule has 0 N–H and O–H groups in total. The van der Waals surface area contributed by atoms with Crippen LogP contribution in [0.25, 0.3) is 0 Å². The van der Waals surface area contributed by atoms with Gasteiger partial charge in [-0.05, 0) is 18.8 Å². The largest absolute Gasteiger partial charge is 0.427 e. The second kappa shape index (κ2) is 4.68. The number of piperidine rings is 1. The highest BCUT2D eigenvalue weighted by Gasteiger charge is 2.34. The van der Waals surface area contributed by atoms with Crippen LogP contribution in [0.3, 0.4) is 0 Å². The minimum absolute atomic E-state index is 0.472. The molecule has 0 atom stereocenters. The van der Waals surface area contributed by atoms with Gasteiger partial charge in [0.25, 0.3) is 0 Å². The predicted octanol–water partition coefficient (Wildman–Crippen LogP) is 3.56. The van der Waals surface area contributed by atoms with Gasteiger partial charge in [0.2, 0.25) is 0 Å². The van der Waals surface area contributed by atoms with Crippen LogP contribution in [0.1, 0.15) is 17.7 Å². The van der Waals surface area contributed by atoms with Crippen molar-refractivity contribution < 1.29 is 13.2 Å². The number of aromatic nitrogens is 1. The maximum Gasteiger partial charge on any atom is 0.427 e. The molecule has 6 heteroatoms. The second-order valence-corrected chi connectivity index (χ2v) is 5.07. The van der Waals surface area contributed by atoms with Gasteiger partial charge in [0.05, 0.1) is 6.20 Å². The first-order chi connectivity index (χ1) is 8.00. The van der Waals surface area contributed by atoms with Crippen molar-refractivity contribution in [3.63, 3.8) is 0 Å². The maximum atomic E-state index is 12.4. The molecule has 0 amide bonds. The van der Waals surface area contributed by atoms with Crippen molar-refractivity contribution in [3.8, 4) is 0 Å². The van der Waals surface area contributed by atoms with Gasteiger partial charge in [-0.25, -0.2) is 4.98 Å². The fraction of sp³-hybridized carbons (Fsp3) is 0.545. The summed E-state index contributed by atoms with van der Waals surface area (Å²) in [6.07, 6.45) is 0.421. The van der Waals surface area contributed by atoms with Gasteiger partial charge >= 0.3 is 6.18 Å². The fourth-order valence-corrected chi connectivity index (χ4v) is 2.70. The molecule has 1 aliphatic heterocycles. The van der Waals surface area contributed by atoms with E-state index in [0.29, 0.717) is 11.0 Å². The number of nitrogens with zero attached hydrogens (tertiary/aromatic N) is 2. The Bertz CT molecular complexity index is 392. The Labute approximate surface area is 102 Å². The van der Waals surface area contributed by atoms with Crippen LogP contribution in [-0.4, -0.2) is 18.1 Å². The number of anilines is 1. The number of allylic oxidation sites excluding steroid dienone is 1. The summed E-state index contributed by atoms with van der Waals surface area (Å²) in [6, 6.07) is 0. The van der Waals surface area contributed by atoms with E-state index in [1.54, 1.807) is 0 Å². The molecule has 2 rings (SSSR count). The Morgan fingerprint density at radius 2 is 2.06 bits per heavy atom. The van der Waals surface area contributed by atoms with Crippen molar-refractivity contribution >= 4 is 16.5 Å².